The van der Waals surface area contributed by atoms with Crippen molar-refractivity contribution in [1.29, 1.82) is 5.26 Å². The highest BCUT2D eigenvalue weighted by Crippen LogP contribution is 2.41. The number of nitrogens with zero attached hydrogens (tertiary/aromatic N) is 1. The van der Waals surface area contributed by atoms with Crippen LogP contribution < -0.4 is 16.1 Å². The molecule has 1 aliphatic heterocycles. The minimum Gasteiger partial charge on any atom is -0.440 e. The number of ether oxygens (including phenoxy) is 1. The van der Waals surface area contributed by atoms with Crippen LogP contribution in [0.25, 0.3) is 0 Å². The standard InChI is InChI=1S/C16H10BrFN2O3/c1-7-4-12-14(16(21)22-7)13(10(6-19)15(20)23-12)9-5-8(17)2-3-11(9)18/h2-5,13H,20H2,1H3/t13-/m0/s1. The molecule has 0 bridgehead atoms. The lowest BCUT2D eigenvalue weighted by molar-refractivity contribution is 0.370. The number of rotatable bonds is 1. The number of halogens is 2. The van der Waals surface area contributed by atoms with Crippen molar-refractivity contribution >= 4 is 15.9 Å². The van der Waals surface area contributed by atoms with E-state index < -0.39 is 17.4 Å². The molecule has 0 unspecified atom stereocenters. The molecule has 1 aromatic heterocycles. The van der Waals surface area contributed by atoms with Crippen molar-refractivity contribution in [1.82, 2.24) is 0 Å². The number of aryl methyl sites for hydroxylation is 1. The molecule has 116 valence electrons. The Morgan fingerprint density at radius 2 is 2.13 bits per heavy atom. The Labute approximate surface area is 138 Å². The number of benzene rings is 1. The number of fused-ring (bicyclic) bond motifs is 1. The van der Waals surface area contributed by atoms with E-state index in [1.165, 1.54) is 24.3 Å². The van der Waals surface area contributed by atoms with Crippen LogP contribution in [0.3, 0.4) is 0 Å². The Bertz CT molecular complexity index is 943. The first-order chi connectivity index (χ1) is 10.9. The molecule has 0 saturated heterocycles. The topological polar surface area (TPSA) is 89.2 Å². The second-order valence-corrected chi connectivity index (χ2v) is 5.93. The van der Waals surface area contributed by atoms with Crippen molar-refractivity contribution in [2.75, 3.05) is 0 Å². The third-order valence-corrected chi connectivity index (χ3v) is 4.02. The van der Waals surface area contributed by atoms with E-state index in [0.717, 1.165) is 0 Å². The minimum absolute atomic E-state index is 0.0364. The summed E-state index contributed by atoms with van der Waals surface area (Å²) >= 11 is 3.26. The van der Waals surface area contributed by atoms with Gasteiger partial charge in [-0.25, -0.2) is 9.18 Å². The minimum atomic E-state index is -0.988. The second kappa shape index (κ2) is 5.56. The number of allylic oxidation sites excluding steroid dienone is 1. The van der Waals surface area contributed by atoms with Gasteiger partial charge in [-0.15, -0.1) is 0 Å². The number of nitrogens with two attached hydrogens (primary N) is 1. The van der Waals surface area contributed by atoms with Crippen LogP contribution in [0.4, 0.5) is 4.39 Å². The Balaban J connectivity index is 2.36. The zero-order valence-corrected chi connectivity index (χ0v) is 13.5. The lowest BCUT2D eigenvalue weighted by atomic mass is 9.84. The maximum Gasteiger partial charge on any atom is 0.343 e. The molecule has 3 rings (SSSR count). The molecule has 2 aromatic rings. The summed E-state index contributed by atoms with van der Waals surface area (Å²) in [6.45, 7) is 1.58. The fraction of sp³-hybridized carbons (Fsp3) is 0.125. The molecule has 1 aliphatic rings. The van der Waals surface area contributed by atoms with Gasteiger partial charge in [0.1, 0.15) is 29.0 Å². The van der Waals surface area contributed by atoms with Gasteiger partial charge in [-0.3, -0.25) is 0 Å². The summed E-state index contributed by atoms with van der Waals surface area (Å²) in [7, 11) is 0. The first-order valence-electron chi connectivity index (χ1n) is 6.59. The van der Waals surface area contributed by atoms with E-state index >= 15 is 0 Å². The summed E-state index contributed by atoms with van der Waals surface area (Å²) in [6, 6.07) is 7.65. The SMILES string of the molecule is Cc1cc2c(c(=O)o1)[C@@H](c1cc(Br)ccc1F)C(C#N)=C(N)O2. The fourth-order valence-electron chi connectivity index (χ4n) is 2.56. The van der Waals surface area contributed by atoms with Crippen LogP contribution in [0.2, 0.25) is 0 Å². The van der Waals surface area contributed by atoms with Gasteiger partial charge in [-0.05, 0) is 25.1 Å². The Morgan fingerprint density at radius 1 is 1.39 bits per heavy atom. The molecule has 1 aromatic carbocycles. The van der Waals surface area contributed by atoms with Crippen LogP contribution in [0, 0.1) is 24.1 Å². The molecule has 5 nitrogen and oxygen atoms in total. The largest absolute Gasteiger partial charge is 0.440 e. The monoisotopic (exact) mass is 376 g/mol. The van der Waals surface area contributed by atoms with Gasteiger partial charge in [0, 0.05) is 16.1 Å². The van der Waals surface area contributed by atoms with E-state index in [4.69, 9.17) is 14.9 Å². The molecule has 1 atom stereocenters. The van der Waals surface area contributed by atoms with Crippen molar-refractivity contribution in [3.8, 4) is 11.8 Å². The molecule has 7 heteroatoms. The smallest absolute Gasteiger partial charge is 0.343 e. The highest BCUT2D eigenvalue weighted by atomic mass is 79.9. The highest BCUT2D eigenvalue weighted by Gasteiger charge is 2.35. The molecule has 0 aliphatic carbocycles. The maximum absolute atomic E-state index is 14.3. The molecule has 2 heterocycles. The van der Waals surface area contributed by atoms with E-state index in [1.54, 1.807) is 6.92 Å². The van der Waals surface area contributed by atoms with Gasteiger partial charge >= 0.3 is 5.63 Å². The zero-order chi connectivity index (χ0) is 16.7. The average molecular weight is 377 g/mol. The molecule has 2 N–H and O–H groups in total. The van der Waals surface area contributed by atoms with Crippen molar-refractivity contribution in [3.05, 3.63) is 73.3 Å². The van der Waals surface area contributed by atoms with Gasteiger partial charge in [0.2, 0.25) is 5.88 Å². The van der Waals surface area contributed by atoms with Crippen LogP contribution >= 0.6 is 15.9 Å². The van der Waals surface area contributed by atoms with Crippen LogP contribution in [0.5, 0.6) is 5.75 Å². The lowest BCUT2D eigenvalue weighted by Crippen LogP contribution is -2.26. The van der Waals surface area contributed by atoms with E-state index in [-0.39, 0.29) is 28.3 Å². The molecular formula is C16H10BrFN2O3. The highest BCUT2D eigenvalue weighted by molar-refractivity contribution is 9.10. The molecule has 0 radical (unpaired) electrons. The molecule has 0 fully saturated rings. The Hall–Kier alpha value is -2.59. The summed E-state index contributed by atoms with van der Waals surface area (Å²) < 4.78 is 25.4. The van der Waals surface area contributed by atoms with Gasteiger partial charge in [-0.1, -0.05) is 15.9 Å². The third-order valence-electron chi connectivity index (χ3n) is 3.53. The summed E-state index contributed by atoms with van der Waals surface area (Å²) in [6.07, 6.45) is 0. The first kappa shape index (κ1) is 15.3. The quantitative estimate of drug-likeness (QED) is 0.825. The van der Waals surface area contributed by atoms with Crippen molar-refractivity contribution < 1.29 is 13.5 Å². The third kappa shape index (κ3) is 2.51. The predicted molar refractivity (Wildman–Crippen MR) is 83.1 cm³/mol. The summed E-state index contributed by atoms with van der Waals surface area (Å²) in [5, 5.41) is 9.39. The number of nitriles is 1. The van der Waals surface area contributed by atoms with Gasteiger partial charge in [0.15, 0.2) is 0 Å². The van der Waals surface area contributed by atoms with Gasteiger partial charge in [-0.2, -0.15) is 5.26 Å². The second-order valence-electron chi connectivity index (χ2n) is 5.01. The molecule has 0 saturated carbocycles. The van der Waals surface area contributed by atoms with Gasteiger partial charge < -0.3 is 14.9 Å². The fourth-order valence-corrected chi connectivity index (χ4v) is 2.94. The Kier molecular flexibility index (Phi) is 3.70. The van der Waals surface area contributed by atoms with E-state index in [1.807, 2.05) is 6.07 Å². The molecule has 23 heavy (non-hydrogen) atoms. The molecular weight excluding hydrogens is 367 g/mol. The predicted octanol–water partition coefficient (Wildman–Crippen LogP) is 3.07. The summed E-state index contributed by atoms with van der Waals surface area (Å²) in [5.74, 6) is -1.21. The summed E-state index contributed by atoms with van der Waals surface area (Å²) in [5.41, 5.74) is 5.25. The number of hydrogen-bond acceptors (Lipinski definition) is 5. The zero-order valence-electron chi connectivity index (χ0n) is 11.9. The van der Waals surface area contributed by atoms with E-state index in [2.05, 4.69) is 15.9 Å². The van der Waals surface area contributed by atoms with Crippen LogP contribution in [-0.2, 0) is 0 Å². The van der Waals surface area contributed by atoms with Gasteiger partial charge in [0.25, 0.3) is 0 Å². The molecule has 0 amide bonds. The van der Waals surface area contributed by atoms with Crippen LogP contribution in [0.1, 0.15) is 22.8 Å². The van der Waals surface area contributed by atoms with Crippen molar-refractivity contribution in [2.24, 2.45) is 5.73 Å². The van der Waals surface area contributed by atoms with E-state index in [9.17, 15) is 14.4 Å². The molecule has 0 spiro atoms. The summed E-state index contributed by atoms with van der Waals surface area (Å²) in [4.78, 5) is 12.3. The van der Waals surface area contributed by atoms with Gasteiger partial charge in [0.05, 0.1) is 11.5 Å². The van der Waals surface area contributed by atoms with Crippen molar-refractivity contribution in [3.63, 3.8) is 0 Å². The normalized spacial score (nSPS) is 16.5. The maximum atomic E-state index is 14.3. The van der Waals surface area contributed by atoms with E-state index in [0.29, 0.717) is 10.2 Å². The van der Waals surface area contributed by atoms with Crippen LogP contribution in [-0.4, -0.2) is 0 Å². The Morgan fingerprint density at radius 3 is 2.83 bits per heavy atom. The van der Waals surface area contributed by atoms with Crippen LogP contribution in [0.15, 0.2) is 49.4 Å². The number of hydrogen-bond donors (Lipinski definition) is 1. The lowest BCUT2D eigenvalue weighted by Gasteiger charge is -2.25. The van der Waals surface area contributed by atoms with Crippen molar-refractivity contribution in [2.45, 2.75) is 12.8 Å². The first-order valence-corrected chi connectivity index (χ1v) is 7.39. The average Bonchev–Trinajstić information content (AvgIpc) is 2.48.